The number of ether oxygens (including phenoxy) is 1. The summed E-state index contributed by atoms with van der Waals surface area (Å²) in [5.74, 6) is -1.76. The van der Waals surface area contributed by atoms with Crippen LogP contribution in [0.1, 0.15) is 25.0 Å². The van der Waals surface area contributed by atoms with E-state index < -0.39 is 30.5 Å². The molecule has 3 rings (SSSR count). The molecule has 1 heterocycles. The van der Waals surface area contributed by atoms with Crippen LogP contribution in [0.5, 0.6) is 5.75 Å². The molecule has 202 valence electrons. The molecule has 1 aliphatic heterocycles. The highest BCUT2D eigenvalue weighted by molar-refractivity contribution is 6.31. The maximum atomic E-state index is 15.7. The van der Waals surface area contributed by atoms with Gasteiger partial charge in [0.2, 0.25) is 6.41 Å². The fourth-order valence-corrected chi connectivity index (χ4v) is 4.16. The van der Waals surface area contributed by atoms with Gasteiger partial charge in [0.25, 0.3) is 0 Å². The maximum Gasteiger partial charge on any atom is 0.425 e. The fourth-order valence-electron chi connectivity index (χ4n) is 3.94. The lowest BCUT2D eigenvalue weighted by molar-refractivity contribution is -0.189. The van der Waals surface area contributed by atoms with Crippen LogP contribution in [0.4, 0.5) is 33.3 Å². The van der Waals surface area contributed by atoms with Gasteiger partial charge in [-0.1, -0.05) is 17.7 Å². The van der Waals surface area contributed by atoms with Gasteiger partial charge < -0.3 is 14.7 Å². The Morgan fingerprint density at radius 3 is 2.62 bits per heavy atom. The molecule has 0 aromatic heterocycles. The average molecular weight is 549 g/mol. The molecule has 2 aromatic carbocycles. The van der Waals surface area contributed by atoms with Crippen LogP contribution in [0.25, 0.3) is 0 Å². The second-order valence-electron chi connectivity index (χ2n) is 8.30. The van der Waals surface area contributed by atoms with E-state index in [-0.39, 0.29) is 65.2 Å². The lowest BCUT2D eigenvalue weighted by Gasteiger charge is -2.27. The van der Waals surface area contributed by atoms with E-state index in [0.29, 0.717) is 6.41 Å². The number of hydrazone groups is 1. The van der Waals surface area contributed by atoms with Crippen LogP contribution in [0.15, 0.2) is 29.4 Å². The first-order valence-corrected chi connectivity index (χ1v) is 11.7. The third kappa shape index (κ3) is 6.07. The summed E-state index contributed by atoms with van der Waals surface area (Å²) in [4.78, 5) is 13.9. The van der Waals surface area contributed by atoms with Crippen molar-refractivity contribution in [1.82, 2.24) is 4.90 Å². The molecule has 1 amide bonds. The van der Waals surface area contributed by atoms with Crippen LogP contribution < -0.4 is 14.6 Å². The van der Waals surface area contributed by atoms with Crippen LogP contribution in [-0.2, 0) is 17.8 Å². The van der Waals surface area contributed by atoms with Crippen molar-refractivity contribution in [2.24, 2.45) is 5.10 Å². The number of alkyl halides is 3. The van der Waals surface area contributed by atoms with Gasteiger partial charge in [-0.25, -0.2) is 8.78 Å². The molecule has 0 bridgehead atoms. The number of anilines is 2. The Hall–Kier alpha value is -3.12. The van der Waals surface area contributed by atoms with E-state index in [1.54, 1.807) is 6.92 Å². The highest BCUT2D eigenvalue weighted by Crippen LogP contribution is 2.45. The summed E-state index contributed by atoms with van der Waals surface area (Å²) in [5.41, 5.74) is -0.00914. The first kappa shape index (κ1) is 28.5. The number of nitrogens with zero attached hydrogens (tertiary/aromatic N) is 4. The number of amidine groups is 1. The van der Waals surface area contributed by atoms with E-state index in [0.717, 1.165) is 22.9 Å². The number of amides is 1. The van der Waals surface area contributed by atoms with Crippen LogP contribution in [0.2, 0.25) is 5.02 Å². The van der Waals surface area contributed by atoms with E-state index >= 15 is 4.39 Å². The lowest BCUT2D eigenvalue weighted by Crippen LogP contribution is -2.34. The normalized spacial score (nSPS) is 14.4. The first-order chi connectivity index (χ1) is 17.4. The molecular formula is C24H26ClF5N4O3. The average Bonchev–Trinajstić information content (AvgIpc) is 3.27. The molecule has 0 aliphatic carbocycles. The van der Waals surface area contributed by atoms with Gasteiger partial charge in [-0.15, -0.1) is 0 Å². The summed E-state index contributed by atoms with van der Waals surface area (Å²) in [7, 11) is 1.32. The number of fused-ring (bicyclic) bond motifs is 1. The minimum absolute atomic E-state index is 0.0551. The standard InChI is InChI=1S/C24H26ClF5N4O3/c1-4-33(13-36)21(12-35)31-32(3)19-10-20(37-14(2)24(28,29)30)23-15(22(19)27)8-9-34(23)11-16-17(25)6-5-7-18(16)26/h5-7,10,13-14,35H,4,8-9,11-12H2,1-3H3/b31-21-. The molecule has 0 saturated heterocycles. The van der Waals surface area contributed by atoms with Gasteiger partial charge in [-0.05, 0) is 32.4 Å². The number of aliphatic hydroxyl groups is 1. The number of hydrogen-bond donors (Lipinski definition) is 1. The lowest BCUT2D eigenvalue weighted by atomic mass is 10.1. The predicted octanol–water partition coefficient (Wildman–Crippen LogP) is 4.73. The maximum absolute atomic E-state index is 15.7. The number of carbonyl (C=O) groups excluding carboxylic acids is 1. The molecule has 7 nitrogen and oxygen atoms in total. The van der Waals surface area contributed by atoms with E-state index in [1.165, 1.54) is 30.1 Å². The van der Waals surface area contributed by atoms with Crippen LogP contribution in [0, 0.1) is 11.6 Å². The molecular weight excluding hydrogens is 523 g/mol. The molecule has 37 heavy (non-hydrogen) atoms. The summed E-state index contributed by atoms with van der Waals surface area (Å²) in [6.07, 6.45) is -6.41. The number of aliphatic hydroxyl groups excluding tert-OH is 1. The van der Waals surface area contributed by atoms with Gasteiger partial charge in [0.15, 0.2) is 17.8 Å². The van der Waals surface area contributed by atoms with Gasteiger partial charge in [-0.3, -0.25) is 14.7 Å². The summed E-state index contributed by atoms with van der Waals surface area (Å²) in [5, 5.41) is 14.8. The quantitative estimate of drug-likeness (QED) is 0.161. The smallest absolute Gasteiger partial charge is 0.425 e. The molecule has 0 radical (unpaired) electrons. The predicted molar refractivity (Wildman–Crippen MR) is 130 cm³/mol. The van der Waals surface area contributed by atoms with Crippen molar-refractivity contribution in [3.05, 3.63) is 52.0 Å². The molecule has 0 saturated carbocycles. The Morgan fingerprint density at radius 1 is 1.35 bits per heavy atom. The first-order valence-electron chi connectivity index (χ1n) is 11.3. The largest absolute Gasteiger partial charge is 0.479 e. The van der Waals surface area contributed by atoms with Crippen LogP contribution in [0.3, 0.4) is 0 Å². The van der Waals surface area contributed by atoms with Crippen molar-refractivity contribution >= 4 is 35.2 Å². The van der Waals surface area contributed by atoms with Crippen LogP contribution >= 0.6 is 11.6 Å². The molecule has 1 atom stereocenters. The zero-order chi connectivity index (χ0) is 27.5. The van der Waals surface area contributed by atoms with E-state index in [4.69, 9.17) is 16.3 Å². The number of rotatable bonds is 9. The monoisotopic (exact) mass is 548 g/mol. The second kappa shape index (κ2) is 11.5. The summed E-state index contributed by atoms with van der Waals surface area (Å²) < 4.78 is 75.6. The Kier molecular flexibility index (Phi) is 8.85. The number of benzene rings is 2. The molecule has 1 aliphatic rings. The van der Waals surface area contributed by atoms with Crippen molar-refractivity contribution < 1.29 is 36.6 Å². The fraction of sp³-hybridized carbons (Fsp3) is 0.417. The molecule has 0 spiro atoms. The highest BCUT2D eigenvalue weighted by Gasteiger charge is 2.40. The molecule has 1 unspecified atom stereocenters. The summed E-state index contributed by atoms with van der Waals surface area (Å²) >= 11 is 6.14. The Balaban J connectivity index is 2.12. The number of halogens is 6. The Bertz CT molecular complexity index is 1160. The van der Waals surface area contributed by atoms with Gasteiger partial charge in [0.1, 0.15) is 18.2 Å². The summed E-state index contributed by atoms with van der Waals surface area (Å²) in [6.45, 7) is 2.03. The molecule has 0 fully saturated rings. The number of hydrogen-bond acceptors (Lipinski definition) is 6. The van der Waals surface area contributed by atoms with Gasteiger partial charge >= 0.3 is 6.18 Å². The molecule has 1 N–H and O–H groups in total. The van der Waals surface area contributed by atoms with Crippen LogP contribution in [-0.4, -0.2) is 61.3 Å². The zero-order valence-electron chi connectivity index (χ0n) is 20.3. The Morgan fingerprint density at radius 2 is 2.05 bits per heavy atom. The van der Waals surface area contributed by atoms with Gasteiger partial charge in [-0.2, -0.15) is 18.3 Å². The van der Waals surface area contributed by atoms with Gasteiger partial charge in [0, 0.05) is 48.9 Å². The van der Waals surface area contributed by atoms with Crippen molar-refractivity contribution in [3.63, 3.8) is 0 Å². The molecule has 2 aromatic rings. The van der Waals surface area contributed by atoms with Crippen molar-refractivity contribution in [1.29, 1.82) is 0 Å². The van der Waals surface area contributed by atoms with E-state index in [1.807, 2.05) is 0 Å². The summed E-state index contributed by atoms with van der Waals surface area (Å²) in [6, 6.07) is 5.17. The van der Waals surface area contributed by atoms with Crippen molar-refractivity contribution in [3.8, 4) is 5.75 Å². The van der Waals surface area contributed by atoms with E-state index in [2.05, 4.69) is 5.10 Å². The van der Waals surface area contributed by atoms with Gasteiger partial charge in [0.05, 0.1) is 11.4 Å². The zero-order valence-corrected chi connectivity index (χ0v) is 21.1. The minimum Gasteiger partial charge on any atom is -0.479 e. The topological polar surface area (TPSA) is 68.6 Å². The van der Waals surface area contributed by atoms with Crippen molar-refractivity contribution in [2.75, 3.05) is 36.7 Å². The Labute approximate surface area is 215 Å². The van der Waals surface area contributed by atoms with E-state index in [9.17, 15) is 27.5 Å². The van der Waals surface area contributed by atoms with Crippen molar-refractivity contribution in [2.45, 2.75) is 39.1 Å². The highest BCUT2D eigenvalue weighted by atomic mass is 35.5. The minimum atomic E-state index is -4.71. The number of likely N-dealkylation sites (N-methyl/N-ethyl adjacent to an activating group) is 1. The second-order valence-corrected chi connectivity index (χ2v) is 8.71. The number of carbonyl (C=O) groups is 1. The third-order valence-corrected chi connectivity index (χ3v) is 6.31. The SMILES string of the molecule is CCN(C=O)/C(CO)=N\N(C)c1cc(OC(C)C(F)(F)F)c2c(c1F)CCN2Cc1c(F)cccc1Cl. The third-order valence-electron chi connectivity index (χ3n) is 5.96. The molecule has 13 heteroatoms.